The van der Waals surface area contributed by atoms with Crippen LogP contribution in [0, 0.1) is 5.92 Å². The Kier molecular flexibility index (Phi) is 6.13. The molecule has 0 saturated carbocycles. The highest BCUT2D eigenvalue weighted by Crippen LogP contribution is 1.98. The van der Waals surface area contributed by atoms with Crippen LogP contribution in [0.2, 0.25) is 0 Å². The third-order valence-corrected chi connectivity index (χ3v) is 2.08. The zero-order valence-corrected chi connectivity index (χ0v) is 11.0. The predicted molar refractivity (Wildman–Crippen MR) is 65.0 cm³/mol. The Bertz CT molecular complexity index is 365. The lowest BCUT2D eigenvalue weighted by atomic mass is 10.2. The average Bonchev–Trinajstić information content (AvgIpc) is 2.75. The van der Waals surface area contributed by atoms with E-state index in [1.807, 2.05) is 13.8 Å². The SMILES string of the molecule is COCc1nc(CCNC(=O)NCC(C)C)no1. The molecule has 1 aromatic rings. The largest absolute Gasteiger partial charge is 0.375 e. The number of hydrogen-bond donors (Lipinski definition) is 2. The lowest BCUT2D eigenvalue weighted by molar-refractivity contribution is 0.151. The predicted octanol–water partition coefficient (Wildman–Crippen LogP) is 0.714. The Morgan fingerprint density at radius 2 is 2.22 bits per heavy atom. The number of nitrogens with zero attached hydrogens (tertiary/aromatic N) is 2. The normalized spacial score (nSPS) is 10.7. The highest BCUT2D eigenvalue weighted by atomic mass is 16.5. The maximum absolute atomic E-state index is 11.3. The zero-order chi connectivity index (χ0) is 13.4. The molecule has 7 heteroatoms. The number of aromatic nitrogens is 2. The van der Waals surface area contributed by atoms with E-state index in [1.165, 1.54) is 0 Å². The number of methoxy groups -OCH3 is 1. The van der Waals surface area contributed by atoms with Crippen molar-refractivity contribution in [2.45, 2.75) is 26.9 Å². The number of rotatable bonds is 7. The van der Waals surface area contributed by atoms with Crippen molar-refractivity contribution < 1.29 is 14.1 Å². The maximum atomic E-state index is 11.3. The van der Waals surface area contributed by atoms with Crippen LogP contribution in [-0.2, 0) is 17.8 Å². The Balaban J connectivity index is 2.18. The molecule has 0 unspecified atom stereocenters. The van der Waals surface area contributed by atoms with E-state index in [4.69, 9.17) is 9.26 Å². The number of ether oxygens (including phenoxy) is 1. The summed E-state index contributed by atoms with van der Waals surface area (Å²) in [5.74, 6) is 1.44. The molecule has 0 bridgehead atoms. The second-order valence-corrected chi connectivity index (χ2v) is 4.32. The summed E-state index contributed by atoms with van der Waals surface area (Å²) in [6.45, 7) is 5.51. The van der Waals surface area contributed by atoms with Crippen LogP contribution in [0.4, 0.5) is 4.79 Å². The summed E-state index contributed by atoms with van der Waals surface area (Å²) in [7, 11) is 1.56. The molecule has 0 saturated heterocycles. The van der Waals surface area contributed by atoms with Crippen molar-refractivity contribution >= 4 is 6.03 Å². The van der Waals surface area contributed by atoms with Crippen molar-refractivity contribution in [3.05, 3.63) is 11.7 Å². The van der Waals surface area contributed by atoms with Gasteiger partial charge in [0.15, 0.2) is 5.82 Å². The van der Waals surface area contributed by atoms with E-state index in [9.17, 15) is 4.79 Å². The molecule has 0 fully saturated rings. The van der Waals surface area contributed by atoms with Crippen molar-refractivity contribution in [2.75, 3.05) is 20.2 Å². The minimum atomic E-state index is -0.177. The summed E-state index contributed by atoms with van der Waals surface area (Å²) in [6, 6.07) is -0.177. The fraction of sp³-hybridized carbons (Fsp3) is 0.727. The van der Waals surface area contributed by atoms with Gasteiger partial charge < -0.3 is 19.9 Å². The minimum absolute atomic E-state index is 0.177. The molecule has 0 aliphatic rings. The molecule has 102 valence electrons. The Hall–Kier alpha value is -1.63. The van der Waals surface area contributed by atoms with Gasteiger partial charge in [0.05, 0.1) is 0 Å². The van der Waals surface area contributed by atoms with E-state index in [-0.39, 0.29) is 6.03 Å². The standard InChI is InChI=1S/C11H20N4O3/c1-8(2)6-13-11(16)12-5-4-9-14-10(7-17-3)18-15-9/h8H,4-7H2,1-3H3,(H2,12,13,16). The molecule has 7 nitrogen and oxygen atoms in total. The van der Waals surface area contributed by atoms with Crippen molar-refractivity contribution in [1.29, 1.82) is 0 Å². The van der Waals surface area contributed by atoms with Crippen LogP contribution in [0.25, 0.3) is 0 Å². The van der Waals surface area contributed by atoms with Crippen LogP contribution < -0.4 is 10.6 Å². The molecule has 0 radical (unpaired) electrons. The van der Waals surface area contributed by atoms with E-state index in [2.05, 4.69) is 20.8 Å². The highest BCUT2D eigenvalue weighted by molar-refractivity contribution is 5.73. The fourth-order valence-corrected chi connectivity index (χ4v) is 1.22. The van der Waals surface area contributed by atoms with Gasteiger partial charge in [-0.1, -0.05) is 19.0 Å². The topological polar surface area (TPSA) is 89.3 Å². The lowest BCUT2D eigenvalue weighted by Gasteiger charge is -2.08. The van der Waals surface area contributed by atoms with Crippen LogP contribution in [0.15, 0.2) is 4.52 Å². The molecule has 1 heterocycles. The van der Waals surface area contributed by atoms with Crippen LogP contribution >= 0.6 is 0 Å². The summed E-state index contributed by atoms with van der Waals surface area (Å²) in [4.78, 5) is 15.4. The van der Waals surface area contributed by atoms with Gasteiger partial charge in [-0.3, -0.25) is 0 Å². The third kappa shape index (κ3) is 5.62. The monoisotopic (exact) mass is 256 g/mol. The van der Waals surface area contributed by atoms with Gasteiger partial charge in [-0.2, -0.15) is 4.98 Å². The third-order valence-electron chi connectivity index (χ3n) is 2.08. The Morgan fingerprint density at radius 1 is 1.44 bits per heavy atom. The molecule has 0 spiro atoms. The number of urea groups is 1. The quantitative estimate of drug-likeness (QED) is 0.750. The van der Waals surface area contributed by atoms with Gasteiger partial charge in [0.1, 0.15) is 6.61 Å². The second kappa shape index (κ2) is 7.65. The van der Waals surface area contributed by atoms with E-state index in [0.29, 0.717) is 43.8 Å². The Labute approximate surface area is 106 Å². The molecular weight excluding hydrogens is 236 g/mol. The summed E-state index contributed by atoms with van der Waals surface area (Å²) >= 11 is 0. The van der Waals surface area contributed by atoms with Gasteiger partial charge >= 0.3 is 6.03 Å². The van der Waals surface area contributed by atoms with Crippen LogP contribution in [0.1, 0.15) is 25.6 Å². The number of carbonyl (C=O) groups is 1. The molecule has 2 N–H and O–H groups in total. The van der Waals surface area contributed by atoms with Gasteiger partial charge in [0.25, 0.3) is 5.89 Å². The molecule has 1 aromatic heterocycles. The Morgan fingerprint density at radius 3 is 2.89 bits per heavy atom. The van der Waals surface area contributed by atoms with Gasteiger partial charge in [0, 0.05) is 26.6 Å². The van der Waals surface area contributed by atoms with E-state index in [0.717, 1.165) is 0 Å². The molecule has 0 aliphatic heterocycles. The van der Waals surface area contributed by atoms with Gasteiger partial charge in [0.2, 0.25) is 0 Å². The molecule has 0 aromatic carbocycles. The van der Waals surface area contributed by atoms with E-state index >= 15 is 0 Å². The second-order valence-electron chi connectivity index (χ2n) is 4.32. The molecule has 0 aliphatic carbocycles. The molecule has 2 amide bonds. The number of amides is 2. The highest BCUT2D eigenvalue weighted by Gasteiger charge is 2.06. The summed E-state index contributed by atoms with van der Waals surface area (Å²) in [5.41, 5.74) is 0. The average molecular weight is 256 g/mol. The first-order valence-electron chi connectivity index (χ1n) is 5.94. The summed E-state index contributed by atoms with van der Waals surface area (Å²) in [6.07, 6.45) is 0.530. The molecule has 1 rings (SSSR count). The van der Waals surface area contributed by atoms with E-state index < -0.39 is 0 Å². The molecule has 0 atom stereocenters. The van der Waals surface area contributed by atoms with Crippen molar-refractivity contribution in [2.24, 2.45) is 5.92 Å². The minimum Gasteiger partial charge on any atom is -0.375 e. The van der Waals surface area contributed by atoms with Crippen molar-refractivity contribution in [3.8, 4) is 0 Å². The first kappa shape index (κ1) is 14.4. The maximum Gasteiger partial charge on any atom is 0.314 e. The van der Waals surface area contributed by atoms with Crippen molar-refractivity contribution in [1.82, 2.24) is 20.8 Å². The van der Waals surface area contributed by atoms with E-state index in [1.54, 1.807) is 7.11 Å². The molecule has 18 heavy (non-hydrogen) atoms. The lowest BCUT2D eigenvalue weighted by Crippen LogP contribution is -2.38. The zero-order valence-electron chi connectivity index (χ0n) is 11.0. The molecular formula is C11H20N4O3. The summed E-state index contributed by atoms with van der Waals surface area (Å²) < 4.78 is 9.79. The number of carbonyl (C=O) groups excluding carboxylic acids is 1. The fourth-order valence-electron chi connectivity index (χ4n) is 1.22. The number of nitrogens with one attached hydrogen (secondary N) is 2. The van der Waals surface area contributed by atoms with Crippen LogP contribution in [0.3, 0.4) is 0 Å². The smallest absolute Gasteiger partial charge is 0.314 e. The first-order valence-corrected chi connectivity index (χ1v) is 5.94. The van der Waals surface area contributed by atoms with Crippen LogP contribution in [0.5, 0.6) is 0 Å². The first-order chi connectivity index (χ1) is 8.61. The van der Waals surface area contributed by atoms with Gasteiger partial charge in [-0.05, 0) is 5.92 Å². The number of hydrogen-bond acceptors (Lipinski definition) is 5. The van der Waals surface area contributed by atoms with Crippen LogP contribution in [-0.4, -0.2) is 36.4 Å². The van der Waals surface area contributed by atoms with Gasteiger partial charge in [-0.15, -0.1) is 0 Å². The summed E-state index contributed by atoms with van der Waals surface area (Å²) in [5, 5.41) is 9.25. The van der Waals surface area contributed by atoms with Gasteiger partial charge in [-0.25, -0.2) is 4.79 Å². The van der Waals surface area contributed by atoms with Crippen molar-refractivity contribution in [3.63, 3.8) is 0 Å².